The number of aromatic nitrogens is 1. The van der Waals surface area contributed by atoms with E-state index in [1.807, 2.05) is 25.1 Å². The third-order valence-electron chi connectivity index (χ3n) is 3.81. The van der Waals surface area contributed by atoms with Crippen molar-refractivity contribution in [2.24, 2.45) is 0 Å². The summed E-state index contributed by atoms with van der Waals surface area (Å²) < 4.78 is 32.0. The number of rotatable bonds is 5. The van der Waals surface area contributed by atoms with Crippen LogP contribution in [0, 0.1) is 18.6 Å². The Morgan fingerprint density at radius 1 is 1.04 bits per heavy atom. The van der Waals surface area contributed by atoms with E-state index in [1.165, 1.54) is 6.20 Å². The Labute approximate surface area is 155 Å². The molecule has 0 saturated heterocycles. The second kappa shape index (κ2) is 7.82. The third-order valence-corrected chi connectivity index (χ3v) is 3.81. The number of carbonyl (C=O) groups excluding carboxylic acids is 1. The van der Waals surface area contributed by atoms with E-state index in [9.17, 15) is 13.6 Å². The number of halogens is 2. The molecule has 1 heterocycles. The van der Waals surface area contributed by atoms with Gasteiger partial charge in [-0.2, -0.15) is 0 Å². The first-order valence-electron chi connectivity index (χ1n) is 8.09. The lowest BCUT2D eigenvalue weighted by molar-refractivity contribution is 0.102. The van der Waals surface area contributed by atoms with Gasteiger partial charge in [0.15, 0.2) is 0 Å². The van der Waals surface area contributed by atoms with Crippen LogP contribution in [0.5, 0.6) is 5.75 Å². The predicted molar refractivity (Wildman–Crippen MR) is 99.6 cm³/mol. The molecular formula is C20H17F2N3O2. The molecule has 0 unspecified atom stereocenters. The minimum Gasteiger partial charge on any atom is -0.495 e. The van der Waals surface area contributed by atoms with Gasteiger partial charge in [0, 0.05) is 12.3 Å². The number of pyridine rings is 1. The van der Waals surface area contributed by atoms with Gasteiger partial charge < -0.3 is 15.4 Å². The van der Waals surface area contributed by atoms with Crippen molar-refractivity contribution >= 4 is 23.0 Å². The second-order valence-electron chi connectivity index (χ2n) is 5.87. The van der Waals surface area contributed by atoms with E-state index in [0.29, 0.717) is 17.5 Å². The van der Waals surface area contributed by atoms with Gasteiger partial charge in [-0.1, -0.05) is 6.07 Å². The molecule has 27 heavy (non-hydrogen) atoms. The van der Waals surface area contributed by atoms with Gasteiger partial charge in [-0.15, -0.1) is 0 Å². The minimum absolute atomic E-state index is 0.111. The van der Waals surface area contributed by atoms with E-state index >= 15 is 0 Å². The van der Waals surface area contributed by atoms with Crippen LogP contribution in [0.3, 0.4) is 0 Å². The summed E-state index contributed by atoms with van der Waals surface area (Å²) in [5.41, 5.74) is 2.43. The summed E-state index contributed by atoms with van der Waals surface area (Å²) in [6.45, 7) is 1.95. The maximum atomic E-state index is 13.7. The molecule has 3 rings (SSSR count). The van der Waals surface area contributed by atoms with Gasteiger partial charge in [0.1, 0.15) is 17.4 Å². The largest absolute Gasteiger partial charge is 0.495 e. The zero-order valence-electron chi connectivity index (χ0n) is 14.7. The van der Waals surface area contributed by atoms with Gasteiger partial charge in [0.2, 0.25) is 0 Å². The lowest BCUT2D eigenvalue weighted by atomic mass is 10.2. The molecule has 0 radical (unpaired) electrons. The zero-order chi connectivity index (χ0) is 19.4. The Hall–Kier alpha value is -3.48. The smallest absolute Gasteiger partial charge is 0.257 e. The molecule has 0 spiro atoms. The number of amides is 1. The van der Waals surface area contributed by atoms with Crippen molar-refractivity contribution in [3.63, 3.8) is 0 Å². The van der Waals surface area contributed by atoms with Crippen molar-refractivity contribution in [3.8, 4) is 5.75 Å². The molecule has 1 amide bonds. The van der Waals surface area contributed by atoms with Crippen molar-refractivity contribution in [2.75, 3.05) is 17.7 Å². The van der Waals surface area contributed by atoms with E-state index in [2.05, 4.69) is 15.6 Å². The molecule has 2 N–H and O–H groups in total. The quantitative estimate of drug-likeness (QED) is 0.686. The molecule has 0 aliphatic carbocycles. The van der Waals surface area contributed by atoms with Gasteiger partial charge in [-0.05, 0) is 42.8 Å². The highest BCUT2D eigenvalue weighted by Gasteiger charge is 2.12. The van der Waals surface area contributed by atoms with Gasteiger partial charge >= 0.3 is 0 Å². The van der Waals surface area contributed by atoms with Crippen LogP contribution in [-0.2, 0) is 0 Å². The molecule has 0 bridgehead atoms. The summed E-state index contributed by atoms with van der Waals surface area (Å²) in [4.78, 5) is 16.4. The number of aryl methyl sites for hydroxylation is 1. The SMILES string of the molecule is COc1ccc(C)cc1Nc1cncc(C(=O)Nc2ccc(F)cc2F)c1. The van der Waals surface area contributed by atoms with E-state index in [4.69, 9.17) is 4.74 Å². The van der Waals surface area contributed by atoms with E-state index in [-0.39, 0.29) is 11.3 Å². The Balaban J connectivity index is 1.81. The van der Waals surface area contributed by atoms with Crippen molar-refractivity contribution in [1.82, 2.24) is 4.98 Å². The first-order valence-corrected chi connectivity index (χ1v) is 8.09. The Bertz CT molecular complexity index is 993. The highest BCUT2D eigenvalue weighted by atomic mass is 19.1. The minimum atomic E-state index is -0.852. The number of benzene rings is 2. The van der Waals surface area contributed by atoms with Crippen molar-refractivity contribution in [2.45, 2.75) is 6.92 Å². The summed E-state index contributed by atoms with van der Waals surface area (Å²) in [6.07, 6.45) is 2.91. The van der Waals surface area contributed by atoms with Gasteiger partial charge in [0.05, 0.1) is 35.9 Å². The van der Waals surface area contributed by atoms with Crippen LogP contribution in [0.2, 0.25) is 0 Å². The molecule has 2 aromatic carbocycles. The van der Waals surface area contributed by atoms with Crippen LogP contribution in [-0.4, -0.2) is 18.0 Å². The summed E-state index contributed by atoms with van der Waals surface area (Å²) in [5, 5.41) is 5.55. The molecule has 1 aromatic heterocycles. The molecule has 5 nitrogen and oxygen atoms in total. The third kappa shape index (κ3) is 4.38. The maximum Gasteiger partial charge on any atom is 0.257 e. The number of hydrogen-bond donors (Lipinski definition) is 2. The second-order valence-corrected chi connectivity index (χ2v) is 5.87. The Kier molecular flexibility index (Phi) is 5.30. The molecule has 138 valence electrons. The predicted octanol–water partition coefficient (Wildman–Crippen LogP) is 4.67. The van der Waals surface area contributed by atoms with Gasteiger partial charge in [0.25, 0.3) is 5.91 Å². The normalized spacial score (nSPS) is 10.4. The van der Waals surface area contributed by atoms with Crippen LogP contribution >= 0.6 is 0 Å². The van der Waals surface area contributed by atoms with Crippen molar-refractivity contribution in [1.29, 1.82) is 0 Å². The van der Waals surface area contributed by atoms with E-state index in [0.717, 1.165) is 23.4 Å². The summed E-state index contributed by atoms with van der Waals surface area (Å²) in [6, 6.07) is 10.2. The highest BCUT2D eigenvalue weighted by Crippen LogP contribution is 2.28. The Morgan fingerprint density at radius 3 is 2.59 bits per heavy atom. The highest BCUT2D eigenvalue weighted by molar-refractivity contribution is 6.04. The topological polar surface area (TPSA) is 63.2 Å². The molecule has 7 heteroatoms. The standard InChI is InChI=1S/C20H17F2N3O2/c1-12-3-6-19(27-2)18(7-12)24-15-8-13(10-23-11-15)20(26)25-17-5-4-14(21)9-16(17)22/h3-11,24H,1-2H3,(H,25,26). The number of ether oxygens (including phenoxy) is 1. The van der Waals surface area contributed by atoms with Crippen LogP contribution in [0.15, 0.2) is 54.9 Å². The van der Waals surface area contributed by atoms with Gasteiger partial charge in [-0.3, -0.25) is 9.78 Å². The van der Waals surface area contributed by atoms with E-state index in [1.54, 1.807) is 19.4 Å². The van der Waals surface area contributed by atoms with Crippen molar-refractivity contribution < 1.29 is 18.3 Å². The number of nitrogens with zero attached hydrogens (tertiary/aromatic N) is 1. The van der Waals surface area contributed by atoms with Crippen LogP contribution < -0.4 is 15.4 Å². The van der Waals surface area contributed by atoms with Crippen LogP contribution in [0.25, 0.3) is 0 Å². The van der Waals surface area contributed by atoms with Gasteiger partial charge in [-0.25, -0.2) is 8.78 Å². The number of methoxy groups -OCH3 is 1. The number of carbonyl (C=O) groups is 1. The molecule has 0 atom stereocenters. The lowest BCUT2D eigenvalue weighted by Gasteiger charge is -2.13. The summed E-state index contributed by atoms with van der Waals surface area (Å²) in [5.74, 6) is -1.49. The monoisotopic (exact) mass is 369 g/mol. The number of hydrogen-bond acceptors (Lipinski definition) is 4. The number of nitrogens with one attached hydrogen (secondary N) is 2. The zero-order valence-corrected chi connectivity index (χ0v) is 14.7. The fourth-order valence-corrected chi connectivity index (χ4v) is 2.49. The first-order chi connectivity index (χ1) is 13.0. The molecule has 3 aromatic rings. The van der Waals surface area contributed by atoms with E-state index < -0.39 is 17.5 Å². The molecule has 0 aliphatic heterocycles. The lowest BCUT2D eigenvalue weighted by Crippen LogP contribution is -2.13. The first kappa shape index (κ1) is 18.3. The van der Waals surface area contributed by atoms with Crippen molar-refractivity contribution in [3.05, 3.63) is 77.6 Å². The fraction of sp³-hybridized carbons (Fsp3) is 0.100. The maximum absolute atomic E-state index is 13.7. The molecule has 0 fully saturated rings. The average molecular weight is 369 g/mol. The average Bonchev–Trinajstić information content (AvgIpc) is 2.64. The number of anilines is 3. The summed E-state index contributed by atoms with van der Waals surface area (Å²) in [7, 11) is 1.56. The Morgan fingerprint density at radius 2 is 1.85 bits per heavy atom. The fourth-order valence-electron chi connectivity index (χ4n) is 2.49. The van der Waals surface area contributed by atoms with Crippen LogP contribution in [0.1, 0.15) is 15.9 Å². The summed E-state index contributed by atoms with van der Waals surface area (Å²) >= 11 is 0. The molecule has 0 saturated carbocycles. The molecular weight excluding hydrogens is 352 g/mol. The van der Waals surface area contributed by atoms with Crippen LogP contribution in [0.4, 0.5) is 25.8 Å². The molecule has 0 aliphatic rings.